The Morgan fingerprint density at radius 3 is 2.23 bits per heavy atom. The first kappa shape index (κ1) is 23.6. The number of fused-ring (bicyclic) bond motifs is 4. The molecule has 1 amide bonds. The second kappa shape index (κ2) is 9.84. The topological polar surface area (TPSA) is 64.0 Å². The van der Waals surface area contributed by atoms with Gasteiger partial charge in [0, 0.05) is 20.2 Å². The van der Waals surface area contributed by atoms with Crippen LogP contribution in [-0.4, -0.2) is 41.4 Å². The zero-order valence-electron chi connectivity index (χ0n) is 20.0. The van der Waals surface area contributed by atoms with Gasteiger partial charge in [0.05, 0.1) is 28.7 Å². The quantitative estimate of drug-likeness (QED) is 0.506. The van der Waals surface area contributed by atoms with E-state index in [0.29, 0.717) is 19.8 Å². The van der Waals surface area contributed by atoms with E-state index in [1.165, 1.54) is 28.3 Å². The molecule has 0 saturated carbocycles. The summed E-state index contributed by atoms with van der Waals surface area (Å²) in [6, 6.07) is 18.3. The molecule has 7 nitrogen and oxygen atoms in total. The molecule has 2 aliphatic heterocycles. The van der Waals surface area contributed by atoms with Crippen LogP contribution in [0.15, 0.2) is 65.6 Å². The first-order valence-corrected chi connectivity index (χ1v) is 12.6. The Morgan fingerprint density at radius 2 is 1.60 bits per heavy atom. The van der Waals surface area contributed by atoms with Crippen molar-refractivity contribution in [3.8, 4) is 5.75 Å². The largest absolute Gasteiger partial charge is 0.474 e. The highest BCUT2D eigenvalue weighted by molar-refractivity contribution is 7.10. The predicted octanol–water partition coefficient (Wildman–Crippen LogP) is 3.93. The number of aromatic nitrogens is 1. The molecule has 1 fully saturated rings. The van der Waals surface area contributed by atoms with Gasteiger partial charge >= 0.3 is 0 Å². The third-order valence-corrected chi connectivity index (χ3v) is 7.14. The lowest BCUT2D eigenvalue weighted by atomic mass is 9.93. The maximum atomic E-state index is 13.6. The standard InChI is InChI=1S/C25H24N3O4P.C2H6.H2/c29-20-11-12-27-23(24(20)32-33)25(30)26-13-14-31-15-21(26)28(27)22-18-7-3-1-5-16(18)9-10-17-6-2-4-8-19(17)22;1-2;/h1-8,11-12,21-22H,9-10,13-15,33H2;1-2H3;1H/t21-;;/m1../s1/i;;1+1. The molecule has 0 radical (unpaired) electrons. The van der Waals surface area contributed by atoms with Crippen molar-refractivity contribution in [2.24, 2.45) is 0 Å². The van der Waals surface area contributed by atoms with Crippen LogP contribution in [0.2, 0.25) is 0 Å². The minimum Gasteiger partial charge on any atom is -0.474 e. The molecule has 6 rings (SSSR count). The maximum absolute atomic E-state index is 13.6. The van der Waals surface area contributed by atoms with Crippen molar-refractivity contribution in [1.82, 2.24) is 9.58 Å². The molecule has 0 bridgehead atoms. The molecular weight excluding hydrogens is 461 g/mol. The molecule has 0 spiro atoms. The van der Waals surface area contributed by atoms with E-state index >= 15 is 0 Å². The van der Waals surface area contributed by atoms with E-state index in [-0.39, 0.29) is 36.4 Å². The SMILES string of the molecule is CC.O=C1c2c(OP)c(=O)ccn2N(C2c3ccccc3CCc3ccccc32)[C@@H]2COCCN12.[2HH]. The van der Waals surface area contributed by atoms with E-state index < -0.39 is 0 Å². The smallest absolute Gasteiger partial charge is 0.278 e. The second-order valence-electron chi connectivity index (χ2n) is 8.55. The van der Waals surface area contributed by atoms with Crippen molar-refractivity contribution >= 4 is 15.4 Å². The fourth-order valence-electron chi connectivity index (χ4n) is 5.41. The van der Waals surface area contributed by atoms with E-state index in [9.17, 15) is 9.59 Å². The summed E-state index contributed by atoms with van der Waals surface area (Å²) in [6.07, 6.45) is 3.25. The van der Waals surface area contributed by atoms with Crippen molar-refractivity contribution < 1.29 is 15.5 Å². The van der Waals surface area contributed by atoms with E-state index in [2.05, 4.69) is 63.0 Å². The Kier molecular flexibility index (Phi) is 6.63. The molecule has 1 saturated heterocycles. The van der Waals surface area contributed by atoms with Crippen LogP contribution in [0.5, 0.6) is 5.75 Å². The van der Waals surface area contributed by atoms with Gasteiger partial charge in [0.15, 0.2) is 5.69 Å². The monoisotopic (exact) mass is 494 g/mol. The fraction of sp³-hybridized carbons (Fsp3) is 0.333. The minimum atomic E-state index is -0.321. The van der Waals surface area contributed by atoms with Crippen LogP contribution in [0.4, 0.5) is 0 Å². The minimum absolute atomic E-state index is 0. The first-order valence-electron chi connectivity index (χ1n) is 12.1. The van der Waals surface area contributed by atoms with Gasteiger partial charge in [0.25, 0.3) is 5.91 Å². The van der Waals surface area contributed by atoms with Gasteiger partial charge in [0.1, 0.15) is 6.17 Å². The maximum Gasteiger partial charge on any atom is 0.278 e. The van der Waals surface area contributed by atoms with E-state index in [1.54, 1.807) is 6.20 Å². The summed E-state index contributed by atoms with van der Waals surface area (Å²) >= 11 is 0. The number of hydrogen-bond donors (Lipinski definition) is 0. The molecule has 3 aliphatic rings. The molecule has 8 heteroatoms. The number of rotatable bonds is 2. The van der Waals surface area contributed by atoms with Crippen molar-refractivity contribution in [3.63, 3.8) is 0 Å². The lowest BCUT2D eigenvalue weighted by Gasteiger charge is -2.51. The van der Waals surface area contributed by atoms with Crippen LogP contribution < -0.4 is 15.0 Å². The molecule has 35 heavy (non-hydrogen) atoms. The van der Waals surface area contributed by atoms with Gasteiger partial charge in [-0.3, -0.25) is 19.3 Å². The molecule has 3 heterocycles. The van der Waals surface area contributed by atoms with Gasteiger partial charge in [0.2, 0.25) is 11.2 Å². The van der Waals surface area contributed by atoms with E-state index in [4.69, 9.17) is 9.26 Å². The van der Waals surface area contributed by atoms with Gasteiger partial charge in [-0.1, -0.05) is 62.4 Å². The summed E-state index contributed by atoms with van der Waals surface area (Å²) in [4.78, 5) is 28.0. The molecule has 1 aliphatic carbocycles. The second-order valence-corrected chi connectivity index (χ2v) is 8.79. The van der Waals surface area contributed by atoms with E-state index in [1.807, 2.05) is 23.4 Å². The predicted molar refractivity (Wildman–Crippen MR) is 140 cm³/mol. The molecule has 2 atom stereocenters. The summed E-state index contributed by atoms with van der Waals surface area (Å²) in [7, 11) is 2.11. The number of morpholine rings is 1. The van der Waals surface area contributed by atoms with Crippen LogP contribution in [0.25, 0.3) is 0 Å². The molecule has 184 valence electrons. The van der Waals surface area contributed by atoms with Gasteiger partial charge in [-0.05, 0) is 35.1 Å². The Morgan fingerprint density at radius 1 is 0.971 bits per heavy atom. The van der Waals surface area contributed by atoms with Gasteiger partial charge < -0.3 is 14.2 Å². The Bertz CT molecular complexity index is 1270. The zero-order valence-corrected chi connectivity index (χ0v) is 21.2. The number of amides is 1. The summed E-state index contributed by atoms with van der Waals surface area (Å²) in [5.41, 5.74) is 4.88. The third-order valence-electron chi connectivity index (χ3n) is 6.90. The number of benzene rings is 2. The van der Waals surface area contributed by atoms with Crippen LogP contribution in [-0.2, 0) is 17.6 Å². The Hall–Kier alpha value is -3.15. The summed E-state index contributed by atoms with van der Waals surface area (Å²) in [6.45, 7) is 5.30. The number of pyridine rings is 1. The highest BCUT2D eigenvalue weighted by atomic mass is 31.0. The van der Waals surface area contributed by atoms with Crippen LogP contribution in [0.3, 0.4) is 0 Å². The van der Waals surface area contributed by atoms with Gasteiger partial charge in [-0.15, -0.1) is 0 Å². The van der Waals surface area contributed by atoms with Crippen LogP contribution >= 0.6 is 9.47 Å². The van der Waals surface area contributed by atoms with Crippen molar-refractivity contribution in [1.29, 1.82) is 0 Å². The number of carbonyl (C=O) groups excluding carboxylic acids is 1. The van der Waals surface area contributed by atoms with Crippen LogP contribution in [0, 0.1) is 0 Å². The molecule has 3 aromatic rings. The normalized spacial score (nSPS) is 18.8. The lowest BCUT2D eigenvalue weighted by molar-refractivity contribution is -0.0195. The average molecular weight is 495 g/mol. The summed E-state index contributed by atoms with van der Waals surface area (Å²) in [5, 5.41) is 2.19. The summed E-state index contributed by atoms with van der Waals surface area (Å²) < 4.78 is 13.0. The third kappa shape index (κ3) is 3.83. The molecular formula is C27H32N3O4P. The molecule has 1 unspecified atom stereocenters. The fourth-order valence-corrected chi connectivity index (χ4v) is 5.64. The van der Waals surface area contributed by atoms with Crippen molar-refractivity contribution in [3.05, 3.63) is 99.0 Å². The van der Waals surface area contributed by atoms with Crippen molar-refractivity contribution in [2.45, 2.75) is 38.9 Å². The highest BCUT2D eigenvalue weighted by Crippen LogP contribution is 2.40. The number of carbonyl (C=O) groups is 1. The first-order chi connectivity index (χ1) is 17.2. The number of nitrogens with zero attached hydrogens (tertiary/aromatic N) is 3. The highest BCUT2D eigenvalue weighted by Gasteiger charge is 2.45. The Balaban J connectivity index is 0.000000990. The molecule has 1 aromatic heterocycles. The number of aryl methyl sites for hydroxylation is 2. The Labute approximate surface area is 209 Å². The van der Waals surface area contributed by atoms with Gasteiger partial charge in [-0.2, -0.15) is 0 Å². The average Bonchev–Trinajstić information content (AvgIpc) is 3.07. The lowest BCUT2D eigenvalue weighted by Crippen LogP contribution is -2.66. The van der Waals surface area contributed by atoms with Crippen LogP contribution in [0.1, 0.15) is 54.1 Å². The number of ether oxygens (including phenoxy) is 1. The van der Waals surface area contributed by atoms with E-state index in [0.717, 1.165) is 12.8 Å². The molecule has 0 N–H and O–H groups in total. The number of hydrogen-bond acceptors (Lipinski definition) is 5. The zero-order chi connectivity index (χ0) is 24.5. The van der Waals surface area contributed by atoms with Gasteiger partial charge in [-0.25, -0.2) is 0 Å². The molecule has 2 aromatic carbocycles. The summed E-state index contributed by atoms with van der Waals surface area (Å²) in [5.74, 6) is -0.178. The van der Waals surface area contributed by atoms with Crippen molar-refractivity contribution in [2.75, 3.05) is 24.8 Å².